The van der Waals surface area contributed by atoms with E-state index in [0.717, 1.165) is 45.6 Å². The van der Waals surface area contributed by atoms with E-state index in [9.17, 15) is 4.79 Å². The summed E-state index contributed by atoms with van der Waals surface area (Å²) in [7, 11) is 0. The van der Waals surface area contributed by atoms with Gasteiger partial charge in [-0.2, -0.15) is 0 Å². The van der Waals surface area contributed by atoms with Crippen LogP contribution in [-0.4, -0.2) is 11.6 Å². The smallest absolute Gasteiger partial charge is 0.343 e. The highest BCUT2D eigenvalue weighted by Gasteiger charge is 2.18. The van der Waals surface area contributed by atoms with Crippen LogP contribution in [0.3, 0.4) is 0 Å². The van der Waals surface area contributed by atoms with Crippen LogP contribution in [0.25, 0.3) is 11.1 Å². The molecule has 3 nitrogen and oxygen atoms in total. The van der Waals surface area contributed by atoms with Crippen LogP contribution in [0.4, 0.5) is 0 Å². The number of hydrogen-bond acceptors (Lipinski definition) is 3. The van der Waals surface area contributed by atoms with Gasteiger partial charge in [0, 0.05) is 0 Å². The molecule has 0 radical (unpaired) electrons. The summed E-state index contributed by atoms with van der Waals surface area (Å²) in [4.78, 5) is 12.7. The van der Waals surface area contributed by atoms with Crippen LogP contribution in [0.5, 0.6) is 11.5 Å². The van der Waals surface area contributed by atoms with Crippen LogP contribution >= 0.6 is 0 Å². The zero-order chi connectivity index (χ0) is 22.8. The molecule has 0 saturated heterocycles. The zero-order valence-corrected chi connectivity index (χ0v) is 19.6. The van der Waals surface area contributed by atoms with Gasteiger partial charge in [0.2, 0.25) is 0 Å². The van der Waals surface area contributed by atoms with Gasteiger partial charge < -0.3 is 9.47 Å². The molecule has 0 aliphatic heterocycles. The van der Waals surface area contributed by atoms with Crippen molar-refractivity contribution in [1.29, 1.82) is 0 Å². The Hall–Kier alpha value is -3.07. The highest BCUT2D eigenvalue weighted by atomic mass is 16.5. The van der Waals surface area contributed by atoms with Gasteiger partial charge in [-0.3, -0.25) is 0 Å². The Morgan fingerprint density at radius 2 is 1.35 bits per heavy atom. The Labute approximate surface area is 186 Å². The summed E-state index contributed by atoms with van der Waals surface area (Å²) in [5.74, 6) is 1.16. The molecule has 0 spiro atoms. The molecule has 0 N–H and O–H groups in total. The lowest BCUT2D eigenvalue weighted by Gasteiger charge is -2.26. The van der Waals surface area contributed by atoms with Crippen LogP contribution in [-0.2, 0) is 0 Å². The number of esters is 1. The van der Waals surface area contributed by atoms with Gasteiger partial charge in [0.05, 0.1) is 5.56 Å². The molecule has 0 aliphatic rings. The number of hydrogen-bond donors (Lipinski definition) is 0. The monoisotopic (exact) mass is 416 g/mol. The third-order valence-corrected chi connectivity index (χ3v) is 5.74. The average Bonchev–Trinajstić information content (AvgIpc) is 2.72. The topological polar surface area (TPSA) is 35.5 Å². The second-order valence-electron chi connectivity index (χ2n) is 8.88. The normalized spacial score (nSPS) is 11.3. The summed E-state index contributed by atoms with van der Waals surface area (Å²) in [5.41, 5.74) is 6.56. The Morgan fingerprint density at radius 3 is 1.90 bits per heavy atom. The minimum atomic E-state index is -0.326. The van der Waals surface area contributed by atoms with Gasteiger partial charge in [-0.15, -0.1) is 0 Å². The van der Waals surface area contributed by atoms with E-state index in [0.29, 0.717) is 11.3 Å². The Kier molecular flexibility index (Phi) is 6.54. The van der Waals surface area contributed by atoms with E-state index >= 15 is 0 Å². The fourth-order valence-electron chi connectivity index (χ4n) is 3.37. The molecular formula is C28H32O3. The van der Waals surface area contributed by atoms with Gasteiger partial charge >= 0.3 is 5.97 Å². The minimum absolute atomic E-state index is 0.190. The van der Waals surface area contributed by atoms with Gasteiger partial charge in [0.25, 0.3) is 0 Å². The van der Waals surface area contributed by atoms with E-state index in [-0.39, 0.29) is 11.6 Å². The second kappa shape index (κ2) is 8.97. The Bertz CT molecular complexity index is 1110. The summed E-state index contributed by atoms with van der Waals surface area (Å²) < 4.78 is 11.9. The predicted molar refractivity (Wildman–Crippen MR) is 127 cm³/mol. The standard InChI is InChI=1S/C28H32O3/c1-8-28(6,7)31-26-14-12-23(17-21(26)5)22-11-13-25(20(4)16-22)30-27(29)24-15-18(2)9-10-19(24)3/h9-17H,8H2,1-7H3. The molecule has 0 bridgehead atoms. The number of carbonyl (C=O) groups is 1. The van der Waals surface area contributed by atoms with E-state index in [4.69, 9.17) is 9.47 Å². The molecule has 162 valence electrons. The molecule has 0 atom stereocenters. The van der Waals surface area contributed by atoms with Crippen molar-refractivity contribution in [3.8, 4) is 22.6 Å². The minimum Gasteiger partial charge on any atom is -0.488 e. The van der Waals surface area contributed by atoms with Crippen molar-refractivity contribution < 1.29 is 14.3 Å². The Balaban J connectivity index is 1.81. The highest BCUT2D eigenvalue weighted by Crippen LogP contribution is 2.32. The van der Waals surface area contributed by atoms with Crippen molar-refractivity contribution >= 4 is 5.97 Å². The van der Waals surface area contributed by atoms with E-state index in [1.54, 1.807) is 0 Å². The first kappa shape index (κ1) is 22.6. The first-order valence-electron chi connectivity index (χ1n) is 10.8. The summed E-state index contributed by atoms with van der Waals surface area (Å²) >= 11 is 0. The molecule has 0 aromatic heterocycles. The van der Waals surface area contributed by atoms with Crippen molar-refractivity contribution in [3.63, 3.8) is 0 Å². The van der Waals surface area contributed by atoms with Gasteiger partial charge in [-0.25, -0.2) is 4.79 Å². The summed E-state index contributed by atoms with van der Waals surface area (Å²) in [5, 5.41) is 0. The van der Waals surface area contributed by atoms with Crippen LogP contribution in [0, 0.1) is 27.7 Å². The van der Waals surface area contributed by atoms with E-state index in [1.165, 1.54) is 0 Å². The lowest BCUT2D eigenvalue weighted by molar-refractivity contribution is 0.0732. The fraction of sp³-hybridized carbons (Fsp3) is 0.321. The van der Waals surface area contributed by atoms with Crippen molar-refractivity contribution in [2.45, 2.75) is 60.5 Å². The maximum Gasteiger partial charge on any atom is 0.343 e. The maximum atomic E-state index is 12.7. The molecular weight excluding hydrogens is 384 g/mol. The van der Waals surface area contributed by atoms with Crippen LogP contribution in [0.1, 0.15) is 59.8 Å². The molecule has 3 aromatic rings. The number of carbonyl (C=O) groups excluding carboxylic acids is 1. The zero-order valence-electron chi connectivity index (χ0n) is 19.6. The molecule has 0 fully saturated rings. The molecule has 3 heteroatoms. The van der Waals surface area contributed by atoms with Gasteiger partial charge in [-0.05, 0) is 106 Å². The number of ether oxygens (including phenoxy) is 2. The van der Waals surface area contributed by atoms with Crippen molar-refractivity contribution in [2.75, 3.05) is 0 Å². The molecule has 31 heavy (non-hydrogen) atoms. The average molecular weight is 417 g/mol. The van der Waals surface area contributed by atoms with Gasteiger partial charge in [0.1, 0.15) is 17.1 Å². The van der Waals surface area contributed by atoms with E-state index in [1.807, 2.05) is 57.2 Å². The lowest BCUT2D eigenvalue weighted by Crippen LogP contribution is -2.27. The van der Waals surface area contributed by atoms with E-state index in [2.05, 4.69) is 45.9 Å². The van der Waals surface area contributed by atoms with Gasteiger partial charge in [-0.1, -0.05) is 36.8 Å². The first-order valence-corrected chi connectivity index (χ1v) is 10.8. The lowest BCUT2D eigenvalue weighted by atomic mass is 10.00. The van der Waals surface area contributed by atoms with Crippen LogP contribution in [0.15, 0.2) is 54.6 Å². The van der Waals surface area contributed by atoms with Gasteiger partial charge in [0.15, 0.2) is 0 Å². The SMILES string of the molecule is CCC(C)(C)Oc1ccc(-c2ccc(OC(=O)c3cc(C)ccc3C)c(C)c2)cc1C. The molecule has 3 rings (SSSR count). The van der Waals surface area contributed by atoms with Crippen molar-refractivity contribution in [1.82, 2.24) is 0 Å². The third-order valence-electron chi connectivity index (χ3n) is 5.74. The molecule has 0 unspecified atom stereocenters. The van der Waals surface area contributed by atoms with Crippen molar-refractivity contribution in [2.24, 2.45) is 0 Å². The molecule has 0 aliphatic carbocycles. The quantitative estimate of drug-likeness (QED) is 0.311. The third kappa shape index (κ3) is 5.35. The molecule has 0 saturated carbocycles. The molecule has 0 amide bonds. The van der Waals surface area contributed by atoms with Crippen LogP contribution in [0.2, 0.25) is 0 Å². The Morgan fingerprint density at radius 1 is 0.774 bits per heavy atom. The van der Waals surface area contributed by atoms with E-state index < -0.39 is 0 Å². The van der Waals surface area contributed by atoms with Crippen LogP contribution < -0.4 is 9.47 Å². The fourth-order valence-corrected chi connectivity index (χ4v) is 3.37. The summed E-state index contributed by atoms with van der Waals surface area (Å²) in [6, 6.07) is 18.0. The predicted octanol–water partition coefficient (Wildman–Crippen LogP) is 7.37. The first-order chi connectivity index (χ1) is 14.6. The molecule has 0 heterocycles. The van der Waals surface area contributed by atoms with Crippen molar-refractivity contribution in [3.05, 3.63) is 82.4 Å². The molecule has 3 aromatic carbocycles. The summed E-state index contributed by atoms with van der Waals surface area (Å²) in [6.07, 6.45) is 0.940. The highest BCUT2D eigenvalue weighted by molar-refractivity contribution is 5.93. The number of rotatable bonds is 6. The number of aryl methyl sites for hydroxylation is 4. The second-order valence-corrected chi connectivity index (χ2v) is 8.88. The largest absolute Gasteiger partial charge is 0.488 e. The summed E-state index contributed by atoms with van der Waals surface area (Å²) in [6.45, 7) is 14.2. The number of benzene rings is 3. The maximum absolute atomic E-state index is 12.7.